The Morgan fingerprint density at radius 2 is 2.21 bits per heavy atom. The summed E-state index contributed by atoms with van der Waals surface area (Å²) in [6, 6.07) is 0. The fraction of sp³-hybridized carbons (Fsp3) is 0.692. The van der Waals surface area contributed by atoms with Crippen LogP contribution in [-0.2, 0) is 0 Å². The number of ether oxygens (including phenoxy) is 1. The molecule has 6 heteroatoms. The topological polar surface area (TPSA) is 84.5 Å². The highest BCUT2D eigenvalue weighted by Crippen LogP contribution is 2.31. The average molecular weight is 266 g/mol. The minimum atomic E-state index is -0.349. The third-order valence-electron chi connectivity index (χ3n) is 3.39. The number of aromatic nitrogens is 2. The van der Waals surface area contributed by atoms with E-state index >= 15 is 0 Å². The predicted octanol–water partition coefficient (Wildman–Crippen LogP) is 1.05. The lowest BCUT2D eigenvalue weighted by molar-refractivity contribution is 0.102. The summed E-state index contributed by atoms with van der Waals surface area (Å²) in [6.07, 6.45) is 2.04. The highest BCUT2D eigenvalue weighted by atomic mass is 16.5. The quantitative estimate of drug-likeness (QED) is 0.850. The molecule has 0 radical (unpaired) electrons. The second-order valence-electron chi connectivity index (χ2n) is 5.36. The molecule has 0 aliphatic carbocycles. The van der Waals surface area contributed by atoms with Gasteiger partial charge in [-0.15, -0.1) is 0 Å². The molecule has 1 aliphatic heterocycles. The third kappa shape index (κ3) is 3.07. The maximum Gasteiger partial charge on any atom is 0.242 e. The third-order valence-corrected chi connectivity index (χ3v) is 3.39. The lowest BCUT2D eigenvalue weighted by Gasteiger charge is -2.35. The van der Waals surface area contributed by atoms with Crippen LogP contribution in [0.1, 0.15) is 27.2 Å². The molecular weight excluding hydrogens is 244 g/mol. The van der Waals surface area contributed by atoms with Crippen LogP contribution >= 0.6 is 0 Å². The van der Waals surface area contributed by atoms with E-state index in [1.807, 2.05) is 18.7 Å². The lowest BCUT2D eigenvalue weighted by Crippen LogP contribution is -2.43. The van der Waals surface area contributed by atoms with Crippen LogP contribution in [0, 0.1) is 5.92 Å². The second kappa shape index (κ2) is 5.61. The van der Waals surface area contributed by atoms with Crippen molar-refractivity contribution in [1.82, 2.24) is 9.97 Å². The maximum absolute atomic E-state index is 9.96. The van der Waals surface area contributed by atoms with E-state index < -0.39 is 0 Å². The van der Waals surface area contributed by atoms with Gasteiger partial charge in [0.25, 0.3) is 0 Å². The minimum absolute atomic E-state index is 0.0111. The summed E-state index contributed by atoms with van der Waals surface area (Å²) in [6.45, 7) is 7.28. The largest absolute Gasteiger partial charge is 0.473 e. The van der Waals surface area contributed by atoms with Gasteiger partial charge in [-0.25, -0.2) is 4.98 Å². The van der Waals surface area contributed by atoms with Crippen molar-refractivity contribution in [3.05, 3.63) is 6.33 Å². The molecule has 0 amide bonds. The van der Waals surface area contributed by atoms with E-state index in [0.717, 1.165) is 13.0 Å². The van der Waals surface area contributed by atoms with E-state index in [0.29, 0.717) is 29.8 Å². The zero-order chi connectivity index (χ0) is 14.0. The van der Waals surface area contributed by atoms with Gasteiger partial charge in [0.05, 0.1) is 12.2 Å². The smallest absolute Gasteiger partial charge is 0.242 e. The van der Waals surface area contributed by atoms with Gasteiger partial charge < -0.3 is 20.5 Å². The van der Waals surface area contributed by atoms with Crippen LogP contribution in [0.25, 0.3) is 0 Å². The number of piperidine rings is 1. The van der Waals surface area contributed by atoms with Gasteiger partial charge in [0.1, 0.15) is 12.0 Å². The molecule has 0 saturated carbocycles. The summed E-state index contributed by atoms with van der Waals surface area (Å²) in [5.74, 6) is 1.37. The van der Waals surface area contributed by atoms with Crippen LogP contribution in [0.2, 0.25) is 0 Å². The molecule has 2 rings (SSSR count). The lowest BCUT2D eigenvalue weighted by atomic mass is 9.96. The monoisotopic (exact) mass is 266 g/mol. The number of rotatable bonds is 3. The molecule has 0 spiro atoms. The van der Waals surface area contributed by atoms with Crippen molar-refractivity contribution in [2.75, 3.05) is 23.7 Å². The van der Waals surface area contributed by atoms with Crippen molar-refractivity contribution < 1.29 is 9.84 Å². The molecule has 0 aromatic carbocycles. The number of hydrogen-bond donors (Lipinski definition) is 2. The first-order valence-corrected chi connectivity index (χ1v) is 6.69. The highest BCUT2D eigenvalue weighted by molar-refractivity contribution is 5.68. The Kier molecular flexibility index (Phi) is 4.09. The SMILES string of the molecule is CC(C)Oc1ncnc(N2CCC(C)C(O)C2)c1N. The van der Waals surface area contributed by atoms with Crippen LogP contribution < -0.4 is 15.4 Å². The van der Waals surface area contributed by atoms with Crippen LogP contribution in [0.3, 0.4) is 0 Å². The van der Waals surface area contributed by atoms with Gasteiger partial charge in [0, 0.05) is 13.1 Å². The summed E-state index contributed by atoms with van der Waals surface area (Å²) >= 11 is 0. The second-order valence-corrected chi connectivity index (χ2v) is 5.36. The highest BCUT2D eigenvalue weighted by Gasteiger charge is 2.27. The fourth-order valence-corrected chi connectivity index (χ4v) is 2.18. The number of nitrogens with two attached hydrogens (primary N) is 1. The van der Waals surface area contributed by atoms with Crippen molar-refractivity contribution in [3.63, 3.8) is 0 Å². The molecule has 1 aromatic heterocycles. The molecule has 1 aliphatic rings. The predicted molar refractivity (Wildman–Crippen MR) is 74.2 cm³/mol. The molecule has 2 unspecified atom stereocenters. The van der Waals surface area contributed by atoms with Gasteiger partial charge in [-0.1, -0.05) is 6.92 Å². The molecular formula is C13H22N4O2. The number of aliphatic hydroxyl groups excluding tert-OH is 1. The number of hydrogen-bond acceptors (Lipinski definition) is 6. The zero-order valence-corrected chi connectivity index (χ0v) is 11.7. The molecule has 6 nitrogen and oxygen atoms in total. The number of anilines is 2. The van der Waals surface area contributed by atoms with E-state index in [-0.39, 0.29) is 12.2 Å². The number of nitrogens with zero attached hydrogens (tertiary/aromatic N) is 3. The van der Waals surface area contributed by atoms with Crippen LogP contribution in [-0.4, -0.2) is 40.4 Å². The van der Waals surface area contributed by atoms with Gasteiger partial charge in [-0.3, -0.25) is 0 Å². The molecule has 3 N–H and O–H groups in total. The summed E-state index contributed by atoms with van der Waals surface area (Å²) in [7, 11) is 0. The van der Waals surface area contributed by atoms with E-state index in [4.69, 9.17) is 10.5 Å². The molecule has 1 saturated heterocycles. The standard InChI is InChI=1S/C13H22N4O2/c1-8(2)19-13-11(14)12(15-7-16-13)17-5-4-9(3)10(18)6-17/h7-10,18H,4-6,14H2,1-3H3. The molecule has 2 heterocycles. The van der Waals surface area contributed by atoms with Crippen molar-refractivity contribution in [2.24, 2.45) is 5.92 Å². The van der Waals surface area contributed by atoms with Gasteiger partial charge in [0.2, 0.25) is 5.88 Å². The molecule has 19 heavy (non-hydrogen) atoms. The summed E-state index contributed by atoms with van der Waals surface area (Å²) in [5, 5.41) is 9.96. The number of nitrogen functional groups attached to an aromatic ring is 1. The van der Waals surface area contributed by atoms with Crippen molar-refractivity contribution in [3.8, 4) is 5.88 Å². The first-order chi connectivity index (χ1) is 8.99. The van der Waals surface area contributed by atoms with Crippen LogP contribution in [0.15, 0.2) is 6.33 Å². The molecule has 2 atom stereocenters. The van der Waals surface area contributed by atoms with E-state index in [9.17, 15) is 5.11 Å². The minimum Gasteiger partial charge on any atom is -0.473 e. The van der Waals surface area contributed by atoms with Gasteiger partial charge in [-0.05, 0) is 26.2 Å². The van der Waals surface area contributed by atoms with Crippen molar-refractivity contribution in [1.29, 1.82) is 0 Å². The zero-order valence-electron chi connectivity index (χ0n) is 11.7. The Labute approximate surface area is 113 Å². The molecule has 0 bridgehead atoms. The fourth-order valence-electron chi connectivity index (χ4n) is 2.18. The Balaban J connectivity index is 2.20. The van der Waals surface area contributed by atoms with Crippen molar-refractivity contribution >= 4 is 11.5 Å². The van der Waals surface area contributed by atoms with Crippen molar-refractivity contribution in [2.45, 2.75) is 39.4 Å². The average Bonchev–Trinajstić information content (AvgIpc) is 2.35. The normalized spacial score (nSPS) is 23.7. The Hall–Kier alpha value is -1.56. The first-order valence-electron chi connectivity index (χ1n) is 6.69. The van der Waals surface area contributed by atoms with E-state index in [2.05, 4.69) is 16.9 Å². The van der Waals surface area contributed by atoms with Gasteiger partial charge in [-0.2, -0.15) is 4.98 Å². The first kappa shape index (κ1) is 13.9. The Morgan fingerprint density at radius 3 is 2.84 bits per heavy atom. The van der Waals surface area contributed by atoms with Gasteiger partial charge in [0.15, 0.2) is 5.82 Å². The summed E-state index contributed by atoms with van der Waals surface area (Å²) < 4.78 is 5.56. The summed E-state index contributed by atoms with van der Waals surface area (Å²) in [4.78, 5) is 10.3. The van der Waals surface area contributed by atoms with E-state index in [1.54, 1.807) is 0 Å². The van der Waals surface area contributed by atoms with Crippen LogP contribution in [0.4, 0.5) is 11.5 Å². The molecule has 1 aromatic rings. The van der Waals surface area contributed by atoms with E-state index in [1.165, 1.54) is 6.33 Å². The van der Waals surface area contributed by atoms with Crippen LogP contribution in [0.5, 0.6) is 5.88 Å². The number of aliphatic hydroxyl groups is 1. The molecule has 106 valence electrons. The Bertz CT molecular complexity index is 439. The van der Waals surface area contributed by atoms with Gasteiger partial charge >= 0.3 is 0 Å². The number of β-amino-alcohol motifs (C(OH)–C–C–N with tert-alkyl or cyclic N) is 1. The molecule has 1 fully saturated rings. The Morgan fingerprint density at radius 1 is 1.47 bits per heavy atom. The maximum atomic E-state index is 9.96. The summed E-state index contributed by atoms with van der Waals surface area (Å²) in [5.41, 5.74) is 6.51.